The minimum atomic E-state index is 0.306. The highest BCUT2D eigenvalue weighted by molar-refractivity contribution is 4.82. The van der Waals surface area contributed by atoms with Crippen LogP contribution in [-0.2, 0) is 0 Å². The molecule has 0 bridgehead atoms. The summed E-state index contributed by atoms with van der Waals surface area (Å²) >= 11 is 0. The Morgan fingerprint density at radius 3 is 2.69 bits per heavy atom. The fourth-order valence-electron chi connectivity index (χ4n) is 2.21. The number of rotatable bonds is 4. The summed E-state index contributed by atoms with van der Waals surface area (Å²) in [6.07, 6.45) is 4.10. The highest BCUT2D eigenvalue weighted by atomic mass is 15.2. The third-order valence-electron chi connectivity index (χ3n) is 3.35. The Bertz CT molecular complexity index is 145. The molecule has 0 aliphatic carbocycles. The zero-order valence-electron chi connectivity index (χ0n) is 9.29. The molecule has 1 heterocycles. The van der Waals surface area contributed by atoms with Crippen molar-refractivity contribution in [3.05, 3.63) is 0 Å². The van der Waals surface area contributed by atoms with Crippen LogP contribution in [0.25, 0.3) is 0 Å². The summed E-state index contributed by atoms with van der Waals surface area (Å²) in [7, 11) is 0. The maximum Gasteiger partial charge on any atom is 0.0216 e. The molecule has 0 amide bonds. The first-order valence-electron chi connectivity index (χ1n) is 5.64. The summed E-state index contributed by atoms with van der Waals surface area (Å²) in [6, 6.07) is 0.863. The van der Waals surface area contributed by atoms with E-state index in [2.05, 4.69) is 25.7 Å². The average Bonchev–Trinajstić information content (AvgIpc) is 2.52. The monoisotopic (exact) mass is 184 g/mol. The highest BCUT2D eigenvalue weighted by Gasteiger charge is 2.26. The first-order valence-corrected chi connectivity index (χ1v) is 5.64. The topological polar surface area (TPSA) is 29.3 Å². The van der Waals surface area contributed by atoms with E-state index < -0.39 is 0 Å². The van der Waals surface area contributed by atoms with Gasteiger partial charge < -0.3 is 5.73 Å². The molecule has 2 N–H and O–H groups in total. The van der Waals surface area contributed by atoms with Crippen molar-refractivity contribution in [2.75, 3.05) is 13.1 Å². The minimum absolute atomic E-state index is 0.306. The van der Waals surface area contributed by atoms with E-state index in [1.54, 1.807) is 0 Å². The fraction of sp³-hybridized carbons (Fsp3) is 1.00. The molecular weight excluding hydrogens is 160 g/mol. The van der Waals surface area contributed by atoms with Crippen molar-refractivity contribution in [2.24, 2.45) is 11.7 Å². The van der Waals surface area contributed by atoms with Gasteiger partial charge in [-0.3, -0.25) is 4.90 Å². The summed E-state index contributed by atoms with van der Waals surface area (Å²) < 4.78 is 0. The smallest absolute Gasteiger partial charge is 0.0216 e. The summed E-state index contributed by atoms with van der Waals surface area (Å²) in [5.41, 5.74) is 5.89. The first kappa shape index (κ1) is 11.0. The number of likely N-dealkylation sites (tertiary alicyclic amines) is 1. The largest absolute Gasteiger partial charge is 0.327 e. The van der Waals surface area contributed by atoms with Crippen LogP contribution in [0.15, 0.2) is 0 Å². The van der Waals surface area contributed by atoms with Crippen LogP contribution in [0.1, 0.15) is 40.0 Å². The number of nitrogens with two attached hydrogens (primary N) is 1. The Hall–Kier alpha value is -0.0800. The van der Waals surface area contributed by atoms with Gasteiger partial charge in [0.15, 0.2) is 0 Å². The normalized spacial score (nSPS) is 29.1. The second kappa shape index (κ2) is 4.97. The minimum Gasteiger partial charge on any atom is -0.327 e. The molecule has 3 unspecified atom stereocenters. The van der Waals surface area contributed by atoms with Gasteiger partial charge in [0.2, 0.25) is 0 Å². The van der Waals surface area contributed by atoms with E-state index in [1.807, 2.05) is 0 Å². The van der Waals surface area contributed by atoms with E-state index in [9.17, 15) is 0 Å². The zero-order chi connectivity index (χ0) is 9.84. The molecule has 0 aromatic heterocycles. The van der Waals surface area contributed by atoms with Crippen molar-refractivity contribution in [1.29, 1.82) is 0 Å². The molecule has 1 fully saturated rings. The summed E-state index contributed by atoms with van der Waals surface area (Å²) in [4.78, 5) is 2.55. The number of hydrogen-bond acceptors (Lipinski definition) is 2. The number of hydrogen-bond donors (Lipinski definition) is 1. The van der Waals surface area contributed by atoms with Crippen molar-refractivity contribution >= 4 is 0 Å². The molecule has 2 heteroatoms. The lowest BCUT2D eigenvalue weighted by atomic mass is 10.0. The first-order chi connectivity index (χ1) is 6.15. The van der Waals surface area contributed by atoms with Crippen LogP contribution >= 0.6 is 0 Å². The van der Waals surface area contributed by atoms with Gasteiger partial charge >= 0.3 is 0 Å². The lowest BCUT2D eigenvalue weighted by molar-refractivity contribution is 0.223. The van der Waals surface area contributed by atoms with Crippen molar-refractivity contribution in [2.45, 2.75) is 52.1 Å². The summed E-state index contributed by atoms with van der Waals surface area (Å²) in [5.74, 6) is 0.936. The lowest BCUT2D eigenvalue weighted by Gasteiger charge is -2.27. The molecule has 0 aromatic rings. The van der Waals surface area contributed by atoms with Crippen LogP contribution in [0.5, 0.6) is 0 Å². The molecule has 0 radical (unpaired) electrons. The molecule has 0 aromatic carbocycles. The summed E-state index contributed by atoms with van der Waals surface area (Å²) in [6.45, 7) is 9.17. The molecule has 1 saturated heterocycles. The quantitative estimate of drug-likeness (QED) is 0.722. The Morgan fingerprint density at radius 2 is 2.15 bits per heavy atom. The molecule has 0 spiro atoms. The van der Waals surface area contributed by atoms with Gasteiger partial charge in [0.05, 0.1) is 0 Å². The van der Waals surface area contributed by atoms with Gasteiger partial charge in [-0.25, -0.2) is 0 Å². The average molecular weight is 184 g/mol. The highest BCUT2D eigenvalue weighted by Crippen LogP contribution is 2.23. The van der Waals surface area contributed by atoms with Gasteiger partial charge in [0.1, 0.15) is 0 Å². The van der Waals surface area contributed by atoms with Gasteiger partial charge in [-0.15, -0.1) is 0 Å². The molecule has 0 saturated carbocycles. The Kier molecular flexibility index (Phi) is 4.20. The van der Waals surface area contributed by atoms with Crippen molar-refractivity contribution in [1.82, 2.24) is 4.90 Å². The third kappa shape index (κ3) is 2.96. The third-order valence-corrected chi connectivity index (χ3v) is 3.35. The van der Waals surface area contributed by atoms with Crippen LogP contribution in [0.4, 0.5) is 0 Å². The molecule has 1 aliphatic heterocycles. The molecule has 13 heavy (non-hydrogen) atoms. The van der Waals surface area contributed by atoms with Crippen molar-refractivity contribution in [3.63, 3.8) is 0 Å². The van der Waals surface area contributed by atoms with Gasteiger partial charge in [0.25, 0.3) is 0 Å². The molecule has 78 valence electrons. The van der Waals surface area contributed by atoms with Crippen molar-refractivity contribution < 1.29 is 0 Å². The van der Waals surface area contributed by atoms with E-state index in [4.69, 9.17) is 5.73 Å². The van der Waals surface area contributed by atoms with Gasteiger partial charge in [-0.2, -0.15) is 0 Å². The van der Waals surface area contributed by atoms with E-state index >= 15 is 0 Å². The molecule has 1 aliphatic rings. The molecule has 2 nitrogen and oxygen atoms in total. The Morgan fingerprint density at radius 1 is 1.46 bits per heavy atom. The van der Waals surface area contributed by atoms with E-state index in [0.717, 1.165) is 5.92 Å². The predicted octanol–water partition coefficient (Wildman–Crippen LogP) is 1.84. The summed E-state index contributed by atoms with van der Waals surface area (Å²) in [5, 5.41) is 0. The molecular formula is C11H24N2. The van der Waals surface area contributed by atoms with Crippen LogP contribution < -0.4 is 5.73 Å². The second-order valence-corrected chi connectivity index (χ2v) is 4.54. The van der Waals surface area contributed by atoms with E-state index in [0.29, 0.717) is 12.1 Å². The maximum atomic E-state index is 5.89. The Balaban J connectivity index is 2.31. The number of nitrogens with zero attached hydrogens (tertiary/aromatic N) is 1. The second-order valence-electron chi connectivity index (χ2n) is 4.54. The van der Waals surface area contributed by atoms with Gasteiger partial charge in [0, 0.05) is 18.6 Å². The molecule has 3 atom stereocenters. The van der Waals surface area contributed by atoms with Crippen molar-refractivity contribution in [3.8, 4) is 0 Å². The van der Waals surface area contributed by atoms with Gasteiger partial charge in [-0.05, 0) is 39.2 Å². The van der Waals surface area contributed by atoms with Gasteiger partial charge in [-0.1, -0.05) is 13.3 Å². The zero-order valence-corrected chi connectivity index (χ0v) is 9.29. The van der Waals surface area contributed by atoms with E-state index in [-0.39, 0.29) is 0 Å². The van der Waals surface area contributed by atoms with Crippen LogP contribution in [-0.4, -0.2) is 30.1 Å². The fourth-order valence-corrected chi connectivity index (χ4v) is 2.21. The standard InChI is InChI=1S/C11H24N2/c1-4-5-11-6-7-13(8-11)10(3)9(2)12/h9-11H,4-8,12H2,1-3H3. The van der Waals surface area contributed by atoms with Crippen LogP contribution in [0.2, 0.25) is 0 Å². The van der Waals surface area contributed by atoms with E-state index in [1.165, 1.54) is 32.4 Å². The molecule has 1 rings (SSSR count). The van der Waals surface area contributed by atoms with Crippen LogP contribution in [0, 0.1) is 5.92 Å². The van der Waals surface area contributed by atoms with Crippen LogP contribution in [0.3, 0.4) is 0 Å². The maximum absolute atomic E-state index is 5.89. The Labute approximate surface area is 82.5 Å². The predicted molar refractivity (Wildman–Crippen MR) is 57.7 cm³/mol. The lowest BCUT2D eigenvalue weighted by Crippen LogP contribution is -2.43. The SMILES string of the molecule is CCCC1CCN(C(C)C(C)N)C1.